The first-order valence-corrected chi connectivity index (χ1v) is 3.84. The van der Waals surface area contributed by atoms with Crippen LogP contribution in [-0.2, 0) is 9.63 Å². The van der Waals surface area contributed by atoms with Crippen LogP contribution in [0.3, 0.4) is 0 Å². The largest absolute Gasteiger partial charge is 0.309 e. The molecular weight excluding hydrogens is 156 g/mol. The van der Waals surface area contributed by atoms with Crippen molar-refractivity contribution in [3.8, 4) is 12.3 Å². The summed E-state index contributed by atoms with van der Waals surface area (Å²) in [6.07, 6.45) is 5.77. The van der Waals surface area contributed by atoms with Crippen molar-refractivity contribution in [1.29, 1.82) is 0 Å². The standard InChI is InChI=1S/C8H12N2O2/c1-3-6-12-10-5-4-7(9-2)8(10)11/h1,7,9H,4-6H2,2H3. The third kappa shape index (κ3) is 1.76. The predicted molar refractivity (Wildman–Crippen MR) is 44.0 cm³/mol. The maximum atomic E-state index is 11.3. The van der Waals surface area contributed by atoms with Gasteiger partial charge in [0.25, 0.3) is 5.91 Å². The van der Waals surface area contributed by atoms with Crippen molar-refractivity contribution < 1.29 is 9.63 Å². The molecule has 1 aliphatic heterocycles. The fraction of sp³-hybridized carbons (Fsp3) is 0.625. The average molecular weight is 168 g/mol. The van der Waals surface area contributed by atoms with Crippen LogP contribution in [0, 0.1) is 12.3 Å². The molecule has 0 bridgehead atoms. The topological polar surface area (TPSA) is 41.6 Å². The van der Waals surface area contributed by atoms with Crippen LogP contribution < -0.4 is 5.32 Å². The van der Waals surface area contributed by atoms with Crippen molar-refractivity contribution in [2.75, 3.05) is 20.2 Å². The molecule has 1 N–H and O–H groups in total. The van der Waals surface area contributed by atoms with Crippen LogP contribution in [0.15, 0.2) is 0 Å². The van der Waals surface area contributed by atoms with Crippen molar-refractivity contribution in [2.24, 2.45) is 0 Å². The fourth-order valence-electron chi connectivity index (χ4n) is 1.17. The third-order valence-corrected chi connectivity index (χ3v) is 1.82. The first-order valence-electron chi connectivity index (χ1n) is 3.84. The Bertz CT molecular complexity index is 210. The van der Waals surface area contributed by atoms with Gasteiger partial charge in [-0.25, -0.2) is 5.06 Å². The zero-order valence-electron chi connectivity index (χ0n) is 7.04. The van der Waals surface area contributed by atoms with E-state index < -0.39 is 0 Å². The van der Waals surface area contributed by atoms with E-state index in [1.807, 2.05) is 0 Å². The van der Waals surface area contributed by atoms with Gasteiger partial charge in [0.05, 0.1) is 12.6 Å². The van der Waals surface area contributed by atoms with Crippen LogP contribution in [0.1, 0.15) is 6.42 Å². The Morgan fingerprint density at radius 3 is 3.17 bits per heavy atom. The molecule has 1 unspecified atom stereocenters. The molecule has 4 nitrogen and oxygen atoms in total. The summed E-state index contributed by atoms with van der Waals surface area (Å²) in [5.41, 5.74) is 0. The molecule has 0 saturated carbocycles. The predicted octanol–water partition coefficient (Wildman–Crippen LogP) is -0.629. The number of hydroxylamine groups is 2. The molecule has 1 aliphatic rings. The Morgan fingerprint density at radius 1 is 1.92 bits per heavy atom. The Kier molecular flexibility index (Phi) is 3.09. The smallest absolute Gasteiger partial charge is 0.263 e. The van der Waals surface area contributed by atoms with Crippen molar-refractivity contribution in [1.82, 2.24) is 10.4 Å². The first kappa shape index (κ1) is 9.04. The Balaban J connectivity index is 2.39. The zero-order valence-corrected chi connectivity index (χ0v) is 7.04. The first-order chi connectivity index (χ1) is 5.79. The number of hydrogen-bond acceptors (Lipinski definition) is 3. The number of amides is 1. The zero-order chi connectivity index (χ0) is 8.97. The monoisotopic (exact) mass is 168 g/mol. The Labute approximate surface area is 71.8 Å². The molecule has 1 rings (SSSR count). The fourth-order valence-corrected chi connectivity index (χ4v) is 1.17. The second-order valence-electron chi connectivity index (χ2n) is 2.55. The summed E-state index contributed by atoms with van der Waals surface area (Å²) in [7, 11) is 1.76. The minimum atomic E-state index is -0.109. The van der Waals surface area contributed by atoms with Crippen LogP contribution >= 0.6 is 0 Å². The average Bonchev–Trinajstić information content (AvgIpc) is 2.43. The molecule has 66 valence electrons. The van der Waals surface area contributed by atoms with Crippen LogP contribution in [0.25, 0.3) is 0 Å². The van der Waals surface area contributed by atoms with Crippen molar-refractivity contribution in [3.05, 3.63) is 0 Å². The second kappa shape index (κ2) is 4.10. The second-order valence-corrected chi connectivity index (χ2v) is 2.55. The van der Waals surface area contributed by atoms with Crippen molar-refractivity contribution >= 4 is 5.91 Å². The summed E-state index contributed by atoms with van der Waals surface area (Å²) >= 11 is 0. The molecule has 1 heterocycles. The van der Waals surface area contributed by atoms with Gasteiger partial charge in [-0.2, -0.15) is 0 Å². The molecule has 1 amide bonds. The van der Waals surface area contributed by atoms with Gasteiger partial charge in [-0.15, -0.1) is 6.42 Å². The van der Waals surface area contributed by atoms with E-state index in [-0.39, 0.29) is 18.6 Å². The molecule has 0 aliphatic carbocycles. The van der Waals surface area contributed by atoms with Crippen LogP contribution in [0.2, 0.25) is 0 Å². The summed E-state index contributed by atoms with van der Waals surface area (Å²) < 4.78 is 0. The van der Waals surface area contributed by atoms with Crippen molar-refractivity contribution in [3.63, 3.8) is 0 Å². The van der Waals surface area contributed by atoms with Gasteiger partial charge in [0.2, 0.25) is 0 Å². The Hall–Kier alpha value is -1.05. The minimum absolute atomic E-state index is 0.0345. The molecule has 0 aromatic heterocycles. The summed E-state index contributed by atoms with van der Waals surface area (Å²) in [5, 5.41) is 4.22. The molecule has 4 heteroatoms. The number of terminal acetylenes is 1. The molecule has 1 atom stereocenters. The lowest BCUT2D eigenvalue weighted by Gasteiger charge is -2.13. The van der Waals surface area contributed by atoms with Gasteiger partial charge >= 0.3 is 0 Å². The minimum Gasteiger partial charge on any atom is -0.309 e. The van der Waals surface area contributed by atoms with E-state index in [4.69, 9.17) is 11.3 Å². The highest BCUT2D eigenvalue weighted by Gasteiger charge is 2.30. The highest BCUT2D eigenvalue weighted by Crippen LogP contribution is 2.10. The molecule has 0 radical (unpaired) electrons. The van der Waals surface area contributed by atoms with E-state index in [1.54, 1.807) is 7.05 Å². The molecule has 0 spiro atoms. The highest BCUT2D eigenvalue weighted by atomic mass is 16.7. The number of nitrogens with one attached hydrogen (secondary N) is 1. The summed E-state index contributed by atoms with van der Waals surface area (Å²) in [6.45, 7) is 0.772. The van der Waals surface area contributed by atoms with Gasteiger partial charge in [0.15, 0.2) is 0 Å². The molecule has 0 aromatic carbocycles. The number of rotatable bonds is 3. The van der Waals surface area contributed by atoms with Crippen LogP contribution in [0.5, 0.6) is 0 Å². The lowest BCUT2D eigenvalue weighted by molar-refractivity contribution is -0.173. The van der Waals surface area contributed by atoms with Gasteiger partial charge in [0.1, 0.15) is 6.61 Å². The van der Waals surface area contributed by atoms with Gasteiger partial charge in [0, 0.05) is 0 Å². The van der Waals surface area contributed by atoms with E-state index >= 15 is 0 Å². The summed E-state index contributed by atoms with van der Waals surface area (Å²) in [4.78, 5) is 16.3. The molecule has 1 saturated heterocycles. The van der Waals surface area contributed by atoms with E-state index in [9.17, 15) is 4.79 Å². The van der Waals surface area contributed by atoms with Crippen molar-refractivity contribution in [2.45, 2.75) is 12.5 Å². The van der Waals surface area contributed by atoms with Gasteiger partial charge in [-0.1, -0.05) is 5.92 Å². The van der Waals surface area contributed by atoms with Crippen LogP contribution in [-0.4, -0.2) is 37.2 Å². The molecular formula is C8H12N2O2. The van der Waals surface area contributed by atoms with Crippen LogP contribution in [0.4, 0.5) is 0 Å². The van der Waals surface area contributed by atoms with E-state index in [0.29, 0.717) is 6.54 Å². The number of carbonyl (C=O) groups is 1. The number of hydrogen-bond donors (Lipinski definition) is 1. The highest BCUT2D eigenvalue weighted by molar-refractivity contribution is 5.82. The normalized spacial score (nSPS) is 22.8. The number of likely N-dealkylation sites (N-methyl/N-ethyl adjacent to an activating group) is 1. The lowest BCUT2D eigenvalue weighted by Crippen LogP contribution is -2.36. The summed E-state index contributed by atoms with van der Waals surface area (Å²) in [5.74, 6) is 2.28. The number of nitrogens with zero attached hydrogens (tertiary/aromatic N) is 1. The van der Waals surface area contributed by atoms with Gasteiger partial charge < -0.3 is 5.32 Å². The molecule has 12 heavy (non-hydrogen) atoms. The van der Waals surface area contributed by atoms with Gasteiger partial charge in [-0.05, 0) is 13.5 Å². The quantitative estimate of drug-likeness (QED) is 0.570. The summed E-state index contributed by atoms with van der Waals surface area (Å²) in [6, 6.07) is -0.109. The van der Waals surface area contributed by atoms with E-state index in [2.05, 4.69) is 11.2 Å². The van der Waals surface area contributed by atoms with E-state index in [1.165, 1.54) is 5.06 Å². The lowest BCUT2D eigenvalue weighted by atomic mass is 10.3. The number of carbonyl (C=O) groups excluding carboxylic acids is 1. The van der Waals surface area contributed by atoms with Gasteiger partial charge in [-0.3, -0.25) is 9.63 Å². The maximum absolute atomic E-state index is 11.3. The van der Waals surface area contributed by atoms with E-state index in [0.717, 1.165) is 6.42 Å². The SMILES string of the molecule is C#CCON1CCC(NC)C1=O. The molecule has 1 fully saturated rings. The Morgan fingerprint density at radius 2 is 2.67 bits per heavy atom. The molecule has 0 aromatic rings. The third-order valence-electron chi connectivity index (χ3n) is 1.82. The maximum Gasteiger partial charge on any atom is 0.263 e.